The molecule has 2 saturated heterocycles. The molecule has 0 saturated carbocycles. The van der Waals surface area contributed by atoms with Crippen LogP contribution in [0.5, 0.6) is 0 Å². The molecule has 3 atom stereocenters. The Morgan fingerprint density at radius 1 is 1.59 bits per heavy atom. The third-order valence-electron chi connectivity index (χ3n) is 4.32. The molecule has 2 aliphatic heterocycles. The van der Waals surface area contributed by atoms with Crippen LogP contribution in [0.25, 0.3) is 0 Å². The smallest absolute Gasteiger partial charge is 0.315 e. The van der Waals surface area contributed by atoms with Crippen LogP contribution < -0.4 is 10.6 Å². The van der Waals surface area contributed by atoms with Crippen molar-refractivity contribution in [2.24, 2.45) is 0 Å². The van der Waals surface area contributed by atoms with Crippen molar-refractivity contribution in [3.63, 3.8) is 0 Å². The van der Waals surface area contributed by atoms with Crippen molar-refractivity contribution in [3.05, 3.63) is 21.3 Å². The number of carbonyl (C=O) groups excluding carboxylic acids is 1. The summed E-state index contributed by atoms with van der Waals surface area (Å²) < 4.78 is 6.57. The summed E-state index contributed by atoms with van der Waals surface area (Å²) in [6, 6.07) is 4.17. The SMILES string of the molecule is C[C@H](NC(=O)NC[C@@H]1CN2CCC[C@@H]2CO1)c1ccc(Cl)s1. The van der Waals surface area contributed by atoms with E-state index < -0.39 is 0 Å². The van der Waals surface area contributed by atoms with Crippen molar-refractivity contribution in [3.8, 4) is 0 Å². The Bertz CT molecular complexity index is 525. The molecule has 22 heavy (non-hydrogen) atoms. The van der Waals surface area contributed by atoms with Gasteiger partial charge >= 0.3 is 6.03 Å². The Morgan fingerprint density at radius 3 is 3.23 bits per heavy atom. The molecule has 0 unspecified atom stereocenters. The molecule has 1 aromatic heterocycles. The van der Waals surface area contributed by atoms with E-state index in [1.807, 2.05) is 19.1 Å². The normalized spacial score (nSPS) is 26.5. The van der Waals surface area contributed by atoms with E-state index in [-0.39, 0.29) is 18.2 Å². The number of morpholine rings is 1. The first-order chi connectivity index (χ1) is 10.6. The van der Waals surface area contributed by atoms with E-state index in [1.165, 1.54) is 24.2 Å². The fourth-order valence-corrected chi connectivity index (χ4v) is 4.16. The van der Waals surface area contributed by atoms with E-state index in [0.717, 1.165) is 28.9 Å². The van der Waals surface area contributed by atoms with Gasteiger partial charge in [0.25, 0.3) is 0 Å². The predicted octanol–water partition coefficient (Wildman–Crippen LogP) is 2.62. The summed E-state index contributed by atoms with van der Waals surface area (Å²) in [7, 11) is 0. The van der Waals surface area contributed by atoms with Crippen LogP contribution in [0, 0.1) is 0 Å². The number of carbonyl (C=O) groups is 1. The number of halogens is 1. The van der Waals surface area contributed by atoms with Gasteiger partial charge < -0.3 is 15.4 Å². The van der Waals surface area contributed by atoms with Gasteiger partial charge in [0.15, 0.2) is 0 Å². The van der Waals surface area contributed by atoms with Gasteiger partial charge in [-0.2, -0.15) is 0 Å². The fourth-order valence-electron chi connectivity index (χ4n) is 3.10. The minimum absolute atomic E-state index is 0.0484. The van der Waals surface area contributed by atoms with Crippen molar-refractivity contribution in [2.45, 2.75) is 38.0 Å². The molecular weight excluding hydrogens is 322 g/mol. The van der Waals surface area contributed by atoms with E-state index in [0.29, 0.717) is 12.6 Å². The summed E-state index contributed by atoms with van der Waals surface area (Å²) in [5.74, 6) is 0. The van der Waals surface area contributed by atoms with Crippen molar-refractivity contribution < 1.29 is 9.53 Å². The Labute approximate surface area is 140 Å². The van der Waals surface area contributed by atoms with Crippen molar-refractivity contribution in [1.29, 1.82) is 0 Å². The molecule has 2 N–H and O–H groups in total. The molecule has 0 aliphatic carbocycles. The fraction of sp³-hybridized carbons (Fsp3) is 0.667. The van der Waals surface area contributed by atoms with Gasteiger partial charge in [-0.3, -0.25) is 4.90 Å². The van der Waals surface area contributed by atoms with Gasteiger partial charge in [0.2, 0.25) is 0 Å². The number of rotatable bonds is 4. The standard InChI is InChI=1S/C15H22ClN3O2S/c1-10(13-4-5-14(16)22-13)18-15(20)17-7-12-8-19-6-2-3-11(19)9-21-12/h4-5,10-12H,2-3,6-9H2,1H3,(H2,17,18,20)/t10-,11+,12+/m0/s1. The van der Waals surface area contributed by atoms with Gasteiger partial charge in [0.05, 0.1) is 23.1 Å². The number of hydrogen-bond donors (Lipinski definition) is 2. The summed E-state index contributed by atoms with van der Waals surface area (Å²) in [6.07, 6.45) is 2.59. The van der Waals surface area contributed by atoms with Crippen LogP contribution >= 0.6 is 22.9 Å². The monoisotopic (exact) mass is 343 g/mol. The highest BCUT2D eigenvalue weighted by Crippen LogP contribution is 2.26. The first-order valence-electron chi connectivity index (χ1n) is 7.77. The number of urea groups is 1. The number of ether oxygens (including phenoxy) is 1. The maximum atomic E-state index is 12.0. The lowest BCUT2D eigenvalue weighted by molar-refractivity contribution is -0.0458. The van der Waals surface area contributed by atoms with Crippen molar-refractivity contribution >= 4 is 29.0 Å². The third-order valence-corrected chi connectivity index (χ3v) is 5.73. The highest BCUT2D eigenvalue weighted by molar-refractivity contribution is 7.16. The topological polar surface area (TPSA) is 53.6 Å². The predicted molar refractivity (Wildman–Crippen MR) is 88.6 cm³/mol. The zero-order chi connectivity index (χ0) is 15.5. The minimum atomic E-state index is -0.163. The molecule has 3 heterocycles. The number of thiophene rings is 1. The molecule has 5 nitrogen and oxygen atoms in total. The number of fused-ring (bicyclic) bond motifs is 1. The third kappa shape index (κ3) is 3.93. The quantitative estimate of drug-likeness (QED) is 0.883. The summed E-state index contributed by atoms with van der Waals surface area (Å²) in [5.41, 5.74) is 0. The Balaban J connectivity index is 1.40. The molecule has 2 aliphatic rings. The first kappa shape index (κ1) is 16.1. The van der Waals surface area contributed by atoms with Gasteiger partial charge in [-0.1, -0.05) is 11.6 Å². The van der Waals surface area contributed by atoms with Gasteiger partial charge in [-0.25, -0.2) is 4.79 Å². The van der Waals surface area contributed by atoms with Gasteiger partial charge in [0, 0.05) is 24.0 Å². The lowest BCUT2D eigenvalue weighted by atomic mass is 10.2. The van der Waals surface area contributed by atoms with Crippen LogP contribution in [0.1, 0.15) is 30.7 Å². The summed E-state index contributed by atoms with van der Waals surface area (Å²) in [5, 5.41) is 5.84. The average Bonchev–Trinajstić information content (AvgIpc) is 3.13. The van der Waals surface area contributed by atoms with Gasteiger partial charge in [-0.15, -0.1) is 11.3 Å². The first-order valence-corrected chi connectivity index (χ1v) is 8.96. The van der Waals surface area contributed by atoms with Crippen LogP contribution in [0.4, 0.5) is 4.79 Å². The zero-order valence-corrected chi connectivity index (χ0v) is 14.3. The molecule has 2 amide bonds. The molecule has 0 radical (unpaired) electrons. The molecule has 122 valence electrons. The Kier molecular flexibility index (Phi) is 5.23. The molecule has 0 aromatic carbocycles. The van der Waals surface area contributed by atoms with Crippen LogP contribution in [0.2, 0.25) is 4.34 Å². The van der Waals surface area contributed by atoms with E-state index >= 15 is 0 Å². The molecule has 3 rings (SSSR count). The van der Waals surface area contributed by atoms with E-state index in [1.54, 1.807) is 0 Å². The highest BCUT2D eigenvalue weighted by Gasteiger charge is 2.32. The number of nitrogens with zero attached hydrogens (tertiary/aromatic N) is 1. The van der Waals surface area contributed by atoms with Crippen LogP contribution in [-0.2, 0) is 4.74 Å². The maximum Gasteiger partial charge on any atom is 0.315 e. The van der Waals surface area contributed by atoms with Crippen molar-refractivity contribution in [2.75, 3.05) is 26.2 Å². The number of nitrogens with one attached hydrogen (secondary N) is 2. The average molecular weight is 344 g/mol. The number of amides is 2. The van der Waals surface area contributed by atoms with Crippen LogP contribution in [-0.4, -0.2) is 49.3 Å². The molecule has 0 spiro atoms. The second-order valence-corrected chi connectivity index (χ2v) is 7.71. The molecule has 7 heteroatoms. The summed E-state index contributed by atoms with van der Waals surface area (Å²) >= 11 is 7.40. The van der Waals surface area contributed by atoms with E-state index in [2.05, 4.69) is 15.5 Å². The van der Waals surface area contributed by atoms with Crippen molar-refractivity contribution in [1.82, 2.24) is 15.5 Å². The number of hydrogen-bond acceptors (Lipinski definition) is 4. The molecule has 2 fully saturated rings. The molecule has 1 aromatic rings. The second-order valence-electron chi connectivity index (χ2n) is 5.96. The molecule has 0 bridgehead atoms. The lowest BCUT2D eigenvalue weighted by Crippen LogP contribution is -2.51. The Morgan fingerprint density at radius 2 is 2.45 bits per heavy atom. The maximum absolute atomic E-state index is 12.0. The van der Waals surface area contributed by atoms with Gasteiger partial charge in [-0.05, 0) is 38.4 Å². The van der Waals surface area contributed by atoms with E-state index in [4.69, 9.17) is 16.3 Å². The minimum Gasteiger partial charge on any atom is -0.373 e. The van der Waals surface area contributed by atoms with Gasteiger partial charge in [0.1, 0.15) is 0 Å². The van der Waals surface area contributed by atoms with Crippen LogP contribution in [0.15, 0.2) is 12.1 Å². The summed E-state index contributed by atoms with van der Waals surface area (Å²) in [4.78, 5) is 15.5. The molecular formula is C15H22ClN3O2S. The second kappa shape index (κ2) is 7.17. The lowest BCUT2D eigenvalue weighted by Gasteiger charge is -2.35. The highest BCUT2D eigenvalue weighted by atomic mass is 35.5. The largest absolute Gasteiger partial charge is 0.373 e. The van der Waals surface area contributed by atoms with Crippen LogP contribution in [0.3, 0.4) is 0 Å². The van der Waals surface area contributed by atoms with E-state index in [9.17, 15) is 4.79 Å². The zero-order valence-electron chi connectivity index (χ0n) is 12.7. The summed E-state index contributed by atoms with van der Waals surface area (Å²) in [6.45, 7) is 5.37. The Hall–Kier alpha value is -0.820.